The van der Waals surface area contributed by atoms with Gasteiger partial charge in [0.2, 0.25) is 0 Å². The molecule has 0 atom stereocenters. The van der Waals surface area contributed by atoms with Crippen LogP contribution in [0, 0.1) is 0 Å². The number of halogens is 3. The second-order valence-electron chi connectivity index (χ2n) is 4.65. The van der Waals surface area contributed by atoms with E-state index in [1.165, 1.54) is 0 Å². The Bertz CT molecular complexity index is 434. The number of aryl methyl sites for hydroxylation is 1. The van der Waals surface area contributed by atoms with E-state index in [0.717, 1.165) is 7.05 Å². The number of carbonyl (C=O) groups excluding carboxylic acids is 1. The predicted octanol–water partition coefficient (Wildman–Crippen LogP) is 1.43. The number of aromatic nitrogens is 2. The third-order valence-electron chi connectivity index (χ3n) is 1.86. The summed E-state index contributed by atoms with van der Waals surface area (Å²) < 4.78 is 43.1. The summed E-state index contributed by atoms with van der Waals surface area (Å²) in [6.45, 7) is -0.301. The highest BCUT2D eigenvalue weighted by Gasteiger charge is 2.31. The first-order valence-corrected chi connectivity index (χ1v) is 4.98. The highest BCUT2D eigenvalue weighted by molar-refractivity contribution is 6.72. The third kappa shape index (κ3) is 3.50. The van der Waals surface area contributed by atoms with E-state index in [2.05, 4.69) is 5.10 Å². The molecular formula is C9H13BF3N2O2-. The van der Waals surface area contributed by atoms with Gasteiger partial charge in [0, 0.05) is 7.05 Å². The van der Waals surface area contributed by atoms with Gasteiger partial charge in [0.05, 0.1) is 0 Å². The minimum atomic E-state index is -5.18. The average molecular weight is 249 g/mol. The molecule has 0 saturated heterocycles. The molecule has 17 heavy (non-hydrogen) atoms. The van der Waals surface area contributed by atoms with Crippen molar-refractivity contribution >= 4 is 18.5 Å². The zero-order valence-corrected chi connectivity index (χ0v) is 10.00. The van der Waals surface area contributed by atoms with Crippen LogP contribution in [0.1, 0.15) is 31.3 Å². The Balaban J connectivity index is 2.99. The lowest BCUT2D eigenvalue weighted by Gasteiger charge is -2.18. The van der Waals surface area contributed by atoms with Crippen LogP contribution in [0.15, 0.2) is 6.07 Å². The summed E-state index contributed by atoms with van der Waals surface area (Å²) in [5.74, 6) is -0.862. The molecule has 0 saturated carbocycles. The summed E-state index contributed by atoms with van der Waals surface area (Å²) in [7, 11) is 1.14. The van der Waals surface area contributed by atoms with Crippen molar-refractivity contribution in [2.75, 3.05) is 0 Å². The molecule has 0 aliphatic rings. The van der Waals surface area contributed by atoms with Gasteiger partial charge in [0.15, 0.2) is 5.69 Å². The molecule has 0 N–H and O–H groups in total. The highest BCUT2D eigenvalue weighted by atomic mass is 19.4. The Hall–Kier alpha value is -1.47. The van der Waals surface area contributed by atoms with Crippen LogP contribution in [0.5, 0.6) is 0 Å². The molecule has 8 heteroatoms. The maximum absolute atomic E-state index is 12.5. The van der Waals surface area contributed by atoms with Crippen LogP contribution in [0.25, 0.3) is 0 Å². The molecular weight excluding hydrogens is 236 g/mol. The summed E-state index contributed by atoms with van der Waals surface area (Å²) in [4.78, 5) is 11.5. The van der Waals surface area contributed by atoms with Gasteiger partial charge in [0.25, 0.3) is 0 Å². The monoisotopic (exact) mass is 249 g/mol. The lowest BCUT2D eigenvalue weighted by atomic mass is 9.86. The number of rotatable bonds is 2. The van der Waals surface area contributed by atoms with Gasteiger partial charge in [-0.3, -0.25) is 0 Å². The number of hydrogen-bond acceptors (Lipinski definition) is 3. The van der Waals surface area contributed by atoms with Crippen LogP contribution in [-0.4, -0.2) is 28.3 Å². The van der Waals surface area contributed by atoms with Crippen molar-refractivity contribution in [1.29, 1.82) is 0 Å². The van der Waals surface area contributed by atoms with Crippen LogP contribution in [0.2, 0.25) is 0 Å². The first-order valence-electron chi connectivity index (χ1n) is 4.98. The van der Waals surface area contributed by atoms with Crippen molar-refractivity contribution in [3.05, 3.63) is 11.8 Å². The minimum absolute atomic E-state index is 0.336. The smallest absolute Gasteiger partial charge is 0.455 e. The molecule has 0 fully saturated rings. The molecule has 0 spiro atoms. The Labute approximate surface area is 96.8 Å². The molecule has 0 aliphatic heterocycles. The summed E-state index contributed by atoms with van der Waals surface area (Å²) in [6, 6.07) is 0.702. The van der Waals surface area contributed by atoms with Gasteiger partial charge in [-0.1, -0.05) is 0 Å². The van der Waals surface area contributed by atoms with Crippen LogP contribution in [0.4, 0.5) is 12.9 Å². The average Bonchev–Trinajstić information content (AvgIpc) is 2.42. The number of hydrogen-bond donors (Lipinski definition) is 0. The molecule has 96 valence electrons. The Morgan fingerprint density at radius 2 is 1.94 bits per heavy atom. The van der Waals surface area contributed by atoms with Crippen molar-refractivity contribution < 1.29 is 22.5 Å². The highest BCUT2D eigenvalue weighted by Crippen LogP contribution is 2.13. The standard InChI is InChI=1S/C9H13BF3N2O2/c1-9(2,3)17-8(16)6-5-7(10(11,12)13)15(4)14-6/h5H,1-4H3/q-1. The van der Waals surface area contributed by atoms with Gasteiger partial charge in [-0.05, 0) is 32.4 Å². The summed E-state index contributed by atoms with van der Waals surface area (Å²) in [5.41, 5.74) is -2.03. The van der Waals surface area contributed by atoms with Crippen LogP contribution >= 0.6 is 0 Å². The molecule has 1 aromatic heterocycles. The Morgan fingerprint density at radius 1 is 1.41 bits per heavy atom. The van der Waals surface area contributed by atoms with Gasteiger partial charge < -0.3 is 22.4 Å². The Kier molecular flexibility index (Phi) is 3.27. The fourth-order valence-electron chi connectivity index (χ4n) is 1.22. The molecule has 1 aromatic rings. The largest absolute Gasteiger partial charge is 0.527 e. The van der Waals surface area contributed by atoms with Gasteiger partial charge in [-0.2, -0.15) is 5.10 Å². The lowest BCUT2D eigenvalue weighted by Crippen LogP contribution is -2.39. The Morgan fingerprint density at radius 3 is 2.29 bits per heavy atom. The van der Waals surface area contributed by atoms with Gasteiger partial charge in [-0.25, -0.2) is 4.79 Å². The van der Waals surface area contributed by atoms with E-state index in [0.29, 0.717) is 10.7 Å². The van der Waals surface area contributed by atoms with E-state index in [1.54, 1.807) is 20.8 Å². The number of nitrogens with zero attached hydrogens (tertiary/aromatic N) is 2. The van der Waals surface area contributed by atoms with Crippen molar-refractivity contribution in [3.8, 4) is 0 Å². The van der Waals surface area contributed by atoms with Gasteiger partial charge in [0.1, 0.15) is 5.60 Å². The normalized spacial score (nSPS) is 12.6. The summed E-state index contributed by atoms with van der Waals surface area (Å²) in [5, 5.41) is 3.50. The van der Waals surface area contributed by atoms with Gasteiger partial charge >= 0.3 is 12.9 Å². The molecule has 1 rings (SSSR count). The van der Waals surface area contributed by atoms with Gasteiger partial charge in [-0.15, -0.1) is 0 Å². The van der Waals surface area contributed by atoms with E-state index in [-0.39, 0.29) is 5.69 Å². The van der Waals surface area contributed by atoms with Crippen molar-refractivity contribution in [2.45, 2.75) is 26.4 Å². The van der Waals surface area contributed by atoms with E-state index in [9.17, 15) is 17.7 Å². The number of ether oxygens (including phenoxy) is 1. The molecule has 0 aromatic carbocycles. The molecule has 0 aliphatic carbocycles. The van der Waals surface area contributed by atoms with E-state index < -0.39 is 24.1 Å². The second-order valence-corrected chi connectivity index (χ2v) is 4.65. The van der Waals surface area contributed by atoms with Crippen LogP contribution in [0.3, 0.4) is 0 Å². The third-order valence-corrected chi connectivity index (χ3v) is 1.86. The van der Waals surface area contributed by atoms with Crippen LogP contribution < -0.4 is 5.59 Å². The molecule has 0 amide bonds. The molecule has 0 unspecified atom stereocenters. The van der Waals surface area contributed by atoms with Crippen molar-refractivity contribution in [1.82, 2.24) is 9.78 Å². The second kappa shape index (κ2) is 4.08. The minimum Gasteiger partial charge on any atom is -0.455 e. The molecule has 4 nitrogen and oxygen atoms in total. The predicted molar refractivity (Wildman–Crippen MR) is 57.1 cm³/mol. The first kappa shape index (κ1) is 13.6. The zero-order chi connectivity index (χ0) is 13.4. The topological polar surface area (TPSA) is 44.1 Å². The number of carbonyl (C=O) groups is 1. The molecule has 0 bridgehead atoms. The summed E-state index contributed by atoms with van der Waals surface area (Å²) in [6.07, 6.45) is 0. The van der Waals surface area contributed by atoms with Crippen molar-refractivity contribution in [3.63, 3.8) is 0 Å². The first-order chi connectivity index (χ1) is 7.50. The quantitative estimate of drug-likeness (QED) is 0.588. The van der Waals surface area contributed by atoms with E-state index in [1.807, 2.05) is 0 Å². The molecule has 0 radical (unpaired) electrons. The van der Waals surface area contributed by atoms with E-state index in [4.69, 9.17) is 4.74 Å². The van der Waals surface area contributed by atoms with Crippen molar-refractivity contribution in [2.24, 2.45) is 7.05 Å². The zero-order valence-electron chi connectivity index (χ0n) is 10.00. The molecule has 1 heterocycles. The fraction of sp³-hybridized carbons (Fsp3) is 0.556. The van der Waals surface area contributed by atoms with Crippen LogP contribution in [-0.2, 0) is 11.8 Å². The summed E-state index contributed by atoms with van der Waals surface area (Å²) >= 11 is 0. The maximum atomic E-state index is 12.5. The maximum Gasteiger partial charge on any atom is 0.527 e. The number of esters is 1. The fourth-order valence-corrected chi connectivity index (χ4v) is 1.22. The van der Waals surface area contributed by atoms with E-state index >= 15 is 0 Å². The lowest BCUT2D eigenvalue weighted by molar-refractivity contribution is 0.00620. The SMILES string of the molecule is Cn1nc(C(=O)OC(C)(C)C)cc1[B-](F)(F)F.